The fraction of sp³-hybridized carbons (Fsp3) is 0.750. The summed E-state index contributed by atoms with van der Waals surface area (Å²) in [6.45, 7) is 0.853. The predicted octanol–water partition coefficient (Wildman–Crippen LogP) is 1.05. The van der Waals surface area contributed by atoms with Gasteiger partial charge in [-0.2, -0.15) is 0 Å². The van der Waals surface area contributed by atoms with Crippen LogP contribution in [0, 0.1) is 0 Å². The van der Waals surface area contributed by atoms with Crippen LogP contribution in [0.3, 0.4) is 0 Å². The molecule has 1 unspecified atom stereocenters. The van der Waals surface area contributed by atoms with Crippen LogP contribution in [0.25, 0.3) is 0 Å². The van der Waals surface area contributed by atoms with E-state index in [9.17, 15) is 14.0 Å². The summed E-state index contributed by atoms with van der Waals surface area (Å²) >= 11 is 0. The summed E-state index contributed by atoms with van der Waals surface area (Å²) in [6, 6.07) is -0.636. The molecule has 0 rings (SSSR count). The monoisotopic (exact) mass is 191 g/mol. The summed E-state index contributed by atoms with van der Waals surface area (Å²) < 4.78 is 16.1. The quantitative estimate of drug-likeness (QED) is 0.706. The number of carbonyl (C=O) groups is 2. The number of hydrogen-bond acceptors (Lipinski definition) is 3. The van der Waals surface area contributed by atoms with Gasteiger partial charge in [-0.1, -0.05) is 0 Å². The van der Waals surface area contributed by atoms with Crippen molar-refractivity contribution in [1.29, 1.82) is 0 Å². The summed E-state index contributed by atoms with van der Waals surface area (Å²) in [4.78, 5) is 21.6. The number of amides is 1. The van der Waals surface area contributed by atoms with Gasteiger partial charge < -0.3 is 10.1 Å². The van der Waals surface area contributed by atoms with Gasteiger partial charge in [0, 0.05) is 0 Å². The third kappa shape index (κ3) is 5.16. The summed E-state index contributed by atoms with van der Waals surface area (Å²) in [5.41, 5.74) is 0. The zero-order chi connectivity index (χ0) is 10.3. The Bertz CT molecular complexity index is 184. The maximum atomic E-state index is 11.8. The van der Waals surface area contributed by atoms with Crippen LogP contribution >= 0.6 is 0 Å². The number of alkyl halides is 1. The molecule has 0 aromatic heterocycles. The molecule has 76 valence electrons. The normalized spacial score (nSPS) is 11.9. The van der Waals surface area contributed by atoms with Crippen molar-refractivity contribution in [2.45, 2.75) is 25.8 Å². The van der Waals surface area contributed by atoms with Crippen LogP contribution < -0.4 is 5.32 Å². The Morgan fingerprint density at radius 3 is 2.54 bits per heavy atom. The van der Waals surface area contributed by atoms with Crippen molar-refractivity contribution in [2.75, 3.05) is 13.8 Å². The molecule has 1 N–H and O–H groups in total. The van der Waals surface area contributed by atoms with Gasteiger partial charge in [0.05, 0.1) is 19.8 Å². The number of rotatable bonds is 5. The van der Waals surface area contributed by atoms with Crippen molar-refractivity contribution in [1.82, 2.24) is 5.32 Å². The van der Waals surface area contributed by atoms with E-state index in [1.54, 1.807) is 0 Å². The molecule has 0 aliphatic rings. The van der Waals surface area contributed by atoms with Crippen LogP contribution in [0.15, 0.2) is 0 Å². The van der Waals surface area contributed by atoms with Gasteiger partial charge in [0.15, 0.2) is 5.78 Å². The molecule has 0 spiro atoms. The largest absolute Gasteiger partial charge is 0.453 e. The molecule has 0 saturated carbocycles. The van der Waals surface area contributed by atoms with Gasteiger partial charge in [-0.15, -0.1) is 0 Å². The Kier molecular flexibility index (Phi) is 5.84. The molecule has 0 radical (unpaired) electrons. The molecular weight excluding hydrogens is 177 g/mol. The minimum absolute atomic E-state index is 0.196. The van der Waals surface area contributed by atoms with Crippen LogP contribution in [0.5, 0.6) is 0 Å². The highest BCUT2D eigenvalue weighted by Crippen LogP contribution is 1.99. The third-order valence-corrected chi connectivity index (χ3v) is 1.59. The number of nitrogens with one attached hydrogen (secondary N) is 1. The Morgan fingerprint density at radius 2 is 2.15 bits per heavy atom. The molecule has 0 saturated heterocycles. The van der Waals surface area contributed by atoms with Crippen molar-refractivity contribution < 1.29 is 18.7 Å². The minimum Gasteiger partial charge on any atom is -0.453 e. The van der Waals surface area contributed by atoms with Crippen LogP contribution in [-0.2, 0) is 9.53 Å². The predicted molar refractivity (Wildman–Crippen MR) is 45.2 cm³/mol. The highest BCUT2D eigenvalue weighted by molar-refractivity contribution is 5.85. The number of alkyl carbamates (subject to hydrolysis) is 1. The first-order chi connectivity index (χ1) is 6.11. The molecule has 0 fully saturated rings. The number of Topliss-reactive ketones (excluding diaryl/α,β-unsaturated/α-hetero) is 1. The van der Waals surface area contributed by atoms with E-state index in [2.05, 4.69) is 10.1 Å². The Balaban J connectivity index is 3.94. The van der Waals surface area contributed by atoms with Gasteiger partial charge in [-0.25, -0.2) is 4.79 Å². The number of ketones is 1. The van der Waals surface area contributed by atoms with Crippen molar-refractivity contribution in [3.8, 4) is 0 Å². The fourth-order valence-electron chi connectivity index (χ4n) is 0.860. The van der Waals surface area contributed by atoms with Gasteiger partial charge >= 0.3 is 6.09 Å². The highest BCUT2D eigenvalue weighted by atomic mass is 19.1. The first-order valence-corrected chi connectivity index (χ1v) is 4.02. The summed E-state index contributed by atoms with van der Waals surface area (Å²) in [6.07, 6.45) is -0.103. The van der Waals surface area contributed by atoms with E-state index in [4.69, 9.17) is 0 Å². The number of carbonyl (C=O) groups excluding carboxylic acids is 2. The first-order valence-electron chi connectivity index (χ1n) is 4.02. The zero-order valence-corrected chi connectivity index (χ0v) is 7.80. The second-order valence-corrected chi connectivity index (χ2v) is 2.63. The molecule has 4 nitrogen and oxygen atoms in total. The van der Waals surface area contributed by atoms with Gasteiger partial charge in [0.2, 0.25) is 0 Å². The molecular formula is C8H14FNO3. The second-order valence-electron chi connectivity index (χ2n) is 2.63. The van der Waals surface area contributed by atoms with E-state index in [1.165, 1.54) is 14.0 Å². The van der Waals surface area contributed by atoms with Gasteiger partial charge in [-0.05, 0) is 19.8 Å². The number of halogens is 1. The van der Waals surface area contributed by atoms with Gasteiger partial charge in [0.1, 0.15) is 0 Å². The Hall–Kier alpha value is -1.13. The van der Waals surface area contributed by atoms with E-state index < -0.39 is 18.8 Å². The van der Waals surface area contributed by atoms with Crippen molar-refractivity contribution >= 4 is 11.9 Å². The van der Waals surface area contributed by atoms with E-state index in [1.807, 2.05) is 0 Å². The summed E-state index contributed by atoms with van der Waals surface area (Å²) in [5.74, 6) is -0.196. The van der Waals surface area contributed by atoms with Crippen molar-refractivity contribution in [3.05, 3.63) is 0 Å². The highest BCUT2D eigenvalue weighted by Gasteiger charge is 2.16. The standard InChI is InChI=1S/C8H14FNO3/c1-6(11)7(4-3-5-9)10-8(12)13-2/h7H,3-5H2,1-2H3,(H,10,12). The van der Waals surface area contributed by atoms with Crippen molar-refractivity contribution in [2.24, 2.45) is 0 Å². The van der Waals surface area contributed by atoms with Gasteiger partial charge in [-0.3, -0.25) is 9.18 Å². The first kappa shape index (κ1) is 11.9. The van der Waals surface area contributed by atoms with E-state index in [0.29, 0.717) is 6.42 Å². The average molecular weight is 191 g/mol. The van der Waals surface area contributed by atoms with Crippen LogP contribution in [0.2, 0.25) is 0 Å². The fourth-order valence-corrected chi connectivity index (χ4v) is 0.860. The average Bonchev–Trinajstić information content (AvgIpc) is 2.11. The Morgan fingerprint density at radius 1 is 1.54 bits per heavy atom. The third-order valence-electron chi connectivity index (χ3n) is 1.59. The molecule has 0 heterocycles. The zero-order valence-electron chi connectivity index (χ0n) is 7.80. The maximum absolute atomic E-state index is 11.8. The number of hydrogen-bond donors (Lipinski definition) is 1. The lowest BCUT2D eigenvalue weighted by atomic mass is 10.1. The molecule has 1 amide bonds. The molecule has 0 aliphatic carbocycles. The van der Waals surface area contributed by atoms with Gasteiger partial charge in [0.25, 0.3) is 0 Å². The molecule has 0 bridgehead atoms. The lowest BCUT2D eigenvalue weighted by molar-refractivity contribution is -0.119. The summed E-state index contributed by atoms with van der Waals surface area (Å²) in [7, 11) is 1.21. The maximum Gasteiger partial charge on any atom is 0.407 e. The Labute approximate surface area is 76.4 Å². The van der Waals surface area contributed by atoms with E-state index in [-0.39, 0.29) is 12.2 Å². The van der Waals surface area contributed by atoms with E-state index in [0.717, 1.165) is 0 Å². The number of ether oxygens (including phenoxy) is 1. The van der Waals surface area contributed by atoms with Crippen LogP contribution in [-0.4, -0.2) is 31.7 Å². The molecule has 0 aliphatic heterocycles. The molecule has 13 heavy (non-hydrogen) atoms. The molecule has 1 atom stereocenters. The molecule has 0 aromatic rings. The van der Waals surface area contributed by atoms with Crippen LogP contribution in [0.4, 0.5) is 9.18 Å². The van der Waals surface area contributed by atoms with Crippen LogP contribution in [0.1, 0.15) is 19.8 Å². The molecule has 5 heteroatoms. The smallest absolute Gasteiger partial charge is 0.407 e. The number of methoxy groups -OCH3 is 1. The SMILES string of the molecule is COC(=O)NC(CCCF)C(C)=O. The van der Waals surface area contributed by atoms with E-state index >= 15 is 0 Å². The topological polar surface area (TPSA) is 55.4 Å². The lowest BCUT2D eigenvalue weighted by Gasteiger charge is -2.13. The van der Waals surface area contributed by atoms with Crippen molar-refractivity contribution in [3.63, 3.8) is 0 Å². The minimum atomic E-state index is -0.668. The summed E-state index contributed by atoms with van der Waals surface area (Å²) in [5, 5.41) is 2.32. The molecule has 0 aromatic carbocycles. The second kappa shape index (κ2) is 6.39. The lowest BCUT2D eigenvalue weighted by Crippen LogP contribution is -2.39.